The minimum atomic E-state index is -4.08. The van der Waals surface area contributed by atoms with Gasteiger partial charge in [0.1, 0.15) is 23.0 Å². The molecule has 4 aromatic rings. The Kier molecular flexibility index (Phi) is 8.60. The molecule has 0 amide bonds. The smallest absolute Gasteiger partial charge is 0.452 e. The van der Waals surface area contributed by atoms with Gasteiger partial charge in [0, 0.05) is 0 Å². The van der Waals surface area contributed by atoms with Crippen LogP contribution >= 0.6 is 0 Å². The second kappa shape index (κ2) is 11.7. The molecule has 0 bridgehead atoms. The highest BCUT2D eigenvalue weighted by Gasteiger charge is 2.60. The molecule has 0 fully saturated rings. The molecule has 216 valence electrons. The number of hydrogen-bond donors (Lipinski definition) is 0. The molecule has 0 spiro atoms. The molecule has 0 atom stereocenters. The van der Waals surface area contributed by atoms with Crippen LogP contribution in [0.2, 0.25) is 0 Å². The first-order valence-corrected chi connectivity index (χ1v) is 15.9. The van der Waals surface area contributed by atoms with Crippen LogP contribution < -0.4 is 17.7 Å². The van der Waals surface area contributed by atoms with E-state index in [2.05, 4.69) is 132 Å². The molecule has 4 aromatic carbocycles. The maximum absolute atomic E-state index is 7.02. The minimum Gasteiger partial charge on any atom is -0.452 e. The highest BCUT2D eigenvalue weighted by Crippen LogP contribution is 2.37. The van der Waals surface area contributed by atoms with E-state index in [1.165, 1.54) is 22.3 Å². The Bertz CT molecular complexity index is 1280. The van der Waals surface area contributed by atoms with Crippen molar-refractivity contribution >= 4 is 9.05 Å². The van der Waals surface area contributed by atoms with Crippen LogP contribution in [0.3, 0.4) is 0 Å². The molecule has 0 heterocycles. The van der Waals surface area contributed by atoms with Gasteiger partial charge in [-0.2, -0.15) is 0 Å². The van der Waals surface area contributed by atoms with Crippen molar-refractivity contribution in [2.45, 2.75) is 83.1 Å². The maximum Gasteiger partial charge on any atom is 0.966 e. The lowest BCUT2D eigenvalue weighted by atomic mass is 10.1. The van der Waals surface area contributed by atoms with Crippen LogP contribution in [0.15, 0.2) is 48.5 Å². The van der Waals surface area contributed by atoms with E-state index in [0.29, 0.717) is 0 Å². The molecule has 0 saturated carbocycles. The first kappa shape index (κ1) is 30.3. The van der Waals surface area contributed by atoms with Crippen molar-refractivity contribution in [3.8, 4) is 23.0 Å². The molecule has 5 heteroatoms. The zero-order valence-electron chi connectivity index (χ0n) is 26.8. The van der Waals surface area contributed by atoms with Crippen molar-refractivity contribution in [3.05, 3.63) is 115 Å². The predicted molar refractivity (Wildman–Crippen MR) is 171 cm³/mol. The summed E-state index contributed by atoms with van der Waals surface area (Å²) in [7, 11) is -4.08. The van der Waals surface area contributed by atoms with E-state index in [1.807, 2.05) is 0 Å². The molecule has 4 nitrogen and oxygen atoms in total. The zero-order valence-corrected chi connectivity index (χ0v) is 27.8. The highest BCUT2D eigenvalue weighted by atomic mass is 28.4. The molecule has 0 unspecified atom stereocenters. The first-order valence-electron chi connectivity index (χ1n) is 14.3. The van der Waals surface area contributed by atoms with Gasteiger partial charge in [-0.25, -0.2) is 0 Å². The Morgan fingerprint density at radius 2 is 0.439 bits per heavy atom. The van der Waals surface area contributed by atoms with E-state index in [1.54, 1.807) is 0 Å². The SMILES string of the molecule is Cc1cc(C)c(O[Si](Oc2c(C)cc(C)cc2C)(Oc2c(C)cc(C)cc2C)Oc2c(C)cc(C)cc2C)c(C)c1. The summed E-state index contributed by atoms with van der Waals surface area (Å²) in [6.45, 7) is 24.8. The molecule has 41 heavy (non-hydrogen) atoms. The molecule has 0 saturated heterocycles. The predicted octanol–water partition coefficient (Wildman–Crippen LogP) is 9.44. The van der Waals surface area contributed by atoms with Crippen molar-refractivity contribution in [1.29, 1.82) is 0 Å². The molecular formula is C36H44O4Si. The third kappa shape index (κ3) is 6.62. The van der Waals surface area contributed by atoms with Crippen LogP contribution in [0, 0.1) is 83.1 Å². The van der Waals surface area contributed by atoms with Gasteiger partial charge < -0.3 is 17.7 Å². The minimum absolute atomic E-state index is 0.717. The Labute approximate surface area is 247 Å². The highest BCUT2D eigenvalue weighted by molar-refractivity contribution is 6.57. The molecule has 0 aliphatic carbocycles. The lowest BCUT2D eigenvalue weighted by molar-refractivity contribution is 0.157. The topological polar surface area (TPSA) is 36.9 Å². The summed E-state index contributed by atoms with van der Waals surface area (Å²) in [5, 5.41) is 0. The van der Waals surface area contributed by atoms with Crippen molar-refractivity contribution in [3.63, 3.8) is 0 Å². The lowest BCUT2D eigenvalue weighted by Gasteiger charge is -2.32. The van der Waals surface area contributed by atoms with Gasteiger partial charge in [-0.15, -0.1) is 0 Å². The summed E-state index contributed by atoms with van der Waals surface area (Å²) in [4.78, 5) is 0. The number of hydrogen-bond acceptors (Lipinski definition) is 4. The summed E-state index contributed by atoms with van der Waals surface area (Å²) in [6.07, 6.45) is 0. The molecule has 4 rings (SSSR count). The normalized spacial score (nSPS) is 11.4. The summed E-state index contributed by atoms with van der Waals surface area (Å²) in [5.74, 6) is 2.87. The monoisotopic (exact) mass is 568 g/mol. The van der Waals surface area contributed by atoms with Gasteiger partial charge in [-0.05, 0) is 128 Å². The molecule has 0 N–H and O–H groups in total. The fraction of sp³-hybridized carbons (Fsp3) is 0.333. The number of benzene rings is 4. The van der Waals surface area contributed by atoms with Crippen LogP contribution in [0.1, 0.15) is 66.8 Å². The van der Waals surface area contributed by atoms with Crippen molar-refractivity contribution in [1.82, 2.24) is 0 Å². The Morgan fingerprint density at radius 3 is 0.585 bits per heavy atom. The van der Waals surface area contributed by atoms with E-state index < -0.39 is 9.05 Å². The first-order chi connectivity index (χ1) is 19.2. The van der Waals surface area contributed by atoms with E-state index in [-0.39, 0.29) is 0 Å². The summed E-state index contributed by atoms with van der Waals surface area (Å²) in [5.41, 5.74) is 12.7. The summed E-state index contributed by atoms with van der Waals surface area (Å²) < 4.78 is 28.1. The Balaban J connectivity index is 2.02. The van der Waals surface area contributed by atoms with Gasteiger partial charge in [-0.3, -0.25) is 0 Å². The van der Waals surface area contributed by atoms with Crippen LogP contribution in [0.5, 0.6) is 23.0 Å². The van der Waals surface area contributed by atoms with E-state index in [4.69, 9.17) is 17.7 Å². The van der Waals surface area contributed by atoms with Crippen molar-refractivity contribution < 1.29 is 17.7 Å². The van der Waals surface area contributed by atoms with Crippen LogP contribution in [0.4, 0.5) is 0 Å². The largest absolute Gasteiger partial charge is 0.966 e. The molecule has 0 aliphatic heterocycles. The van der Waals surface area contributed by atoms with Crippen molar-refractivity contribution in [2.24, 2.45) is 0 Å². The third-order valence-corrected chi connectivity index (χ3v) is 9.14. The molecule has 0 aliphatic rings. The second-order valence-electron chi connectivity index (χ2n) is 11.8. The van der Waals surface area contributed by atoms with E-state index >= 15 is 0 Å². The third-order valence-electron chi connectivity index (χ3n) is 7.33. The quantitative estimate of drug-likeness (QED) is 0.198. The standard InChI is InChI=1S/C36H44O4Si/c1-21-13-25(5)33(26(6)14-21)37-41(38-34-27(7)15-22(2)16-28(34)8,39-35-29(9)17-23(3)18-30(35)10)40-36-31(11)19-24(4)20-32(36)12/h13-20H,1-12H3. The van der Waals surface area contributed by atoms with Crippen LogP contribution in [-0.4, -0.2) is 9.05 Å². The molecule has 0 aromatic heterocycles. The number of aryl methyl sites for hydroxylation is 12. The Morgan fingerprint density at radius 1 is 0.293 bits per heavy atom. The average Bonchev–Trinajstić information content (AvgIpc) is 2.83. The number of rotatable bonds is 8. The van der Waals surface area contributed by atoms with Crippen LogP contribution in [-0.2, 0) is 0 Å². The summed E-state index contributed by atoms with van der Waals surface area (Å²) >= 11 is 0. The fourth-order valence-corrected chi connectivity index (χ4v) is 8.47. The van der Waals surface area contributed by atoms with Crippen molar-refractivity contribution in [2.75, 3.05) is 0 Å². The van der Waals surface area contributed by atoms with E-state index in [9.17, 15) is 0 Å². The van der Waals surface area contributed by atoms with Gasteiger partial charge in [-0.1, -0.05) is 70.8 Å². The van der Waals surface area contributed by atoms with Gasteiger partial charge in [0.2, 0.25) is 0 Å². The van der Waals surface area contributed by atoms with Gasteiger partial charge in [0.25, 0.3) is 0 Å². The zero-order chi connectivity index (χ0) is 30.2. The second-order valence-corrected chi connectivity index (χ2v) is 13.6. The molecule has 0 radical (unpaired) electrons. The lowest BCUT2D eigenvalue weighted by Crippen LogP contribution is -2.61. The van der Waals surface area contributed by atoms with Gasteiger partial charge in [0.15, 0.2) is 0 Å². The maximum atomic E-state index is 7.02. The Hall–Kier alpha value is -3.70. The van der Waals surface area contributed by atoms with Gasteiger partial charge >= 0.3 is 9.05 Å². The summed E-state index contributed by atoms with van der Waals surface area (Å²) in [6, 6.07) is 17.0. The molecular weight excluding hydrogens is 524 g/mol. The van der Waals surface area contributed by atoms with E-state index in [0.717, 1.165) is 67.5 Å². The van der Waals surface area contributed by atoms with Crippen LogP contribution in [0.25, 0.3) is 0 Å². The average molecular weight is 569 g/mol. The fourth-order valence-electron chi connectivity index (χ4n) is 5.94. The van der Waals surface area contributed by atoms with Gasteiger partial charge in [0.05, 0.1) is 0 Å².